The Morgan fingerprint density at radius 1 is 1.23 bits per heavy atom. The molecule has 0 unspecified atom stereocenters. The van der Waals surface area contributed by atoms with Gasteiger partial charge in [0.2, 0.25) is 0 Å². The first-order valence-corrected chi connectivity index (χ1v) is 8.40. The maximum atomic E-state index is 5.88. The second-order valence-corrected chi connectivity index (χ2v) is 6.70. The Hall–Kier alpha value is -1.59. The minimum Gasteiger partial charge on any atom is -0.356 e. The molecule has 1 aromatic heterocycles. The molecule has 0 aliphatic carbocycles. The van der Waals surface area contributed by atoms with E-state index in [4.69, 9.17) is 11.6 Å². The number of nitrogens with zero attached hydrogens (tertiary/aromatic N) is 2. The Labute approximate surface area is 140 Å². The standard InChI is InChI=1S/C16H21ClN4S/c1-11-12(2)22-15(21-11)10-20-16(18-3)19-9-8-13-4-6-14(17)7-5-13/h4-7H,8-10H2,1-3H3,(H2,18,19,20). The molecule has 2 N–H and O–H groups in total. The Bertz CT molecular complexity index is 615. The average Bonchev–Trinajstić information content (AvgIpc) is 2.83. The number of halogens is 1. The van der Waals surface area contributed by atoms with Crippen molar-refractivity contribution in [2.75, 3.05) is 13.6 Å². The van der Waals surface area contributed by atoms with Crippen LogP contribution in [0.5, 0.6) is 0 Å². The molecule has 6 heteroatoms. The van der Waals surface area contributed by atoms with Crippen LogP contribution in [0.1, 0.15) is 21.1 Å². The number of nitrogens with one attached hydrogen (secondary N) is 2. The molecular weight excluding hydrogens is 316 g/mol. The normalized spacial score (nSPS) is 11.5. The van der Waals surface area contributed by atoms with E-state index in [1.54, 1.807) is 18.4 Å². The van der Waals surface area contributed by atoms with Crippen LogP contribution in [0.25, 0.3) is 0 Å². The molecule has 22 heavy (non-hydrogen) atoms. The highest BCUT2D eigenvalue weighted by atomic mass is 35.5. The lowest BCUT2D eigenvalue weighted by molar-refractivity contribution is 0.790. The van der Waals surface area contributed by atoms with Gasteiger partial charge in [-0.2, -0.15) is 0 Å². The molecule has 0 bridgehead atoms. The first-order chi connectivity index (χ1) is 10.6. The number of hydrogen-bond donors (Lipinski definition) is 2. The van der Waals surface area contributed by atoms with E-state index in [0.29, 0.717) is 6.54 Å². The predicted octanol–water partition coefficient (Wildman–Crippen LogP) is 3.32. The Balaban J connectivity index is 1.76. The van der Waals surface area contributed by atoms with Crippen LogP contribution >= 0.6 is 22.9 Å². The highest BCUT2D eigenvalue weighted by Gasteiger charge is 2.04. The molecule has 2 aromatic rings. The van der Waals surface area contributed by atoms with E-state index in [2.05, 4.69) is 27.5 Å². The number of hydrogen-bond acceptors (Lipinski definition) is 3. The smallest absolute Gasteiger partial charge is 0.191 e. The van der Waals surface area contributed by atoms with Crippen LogP contribution in [0.2, 0.25) is 5.02 Å². The molecule has 0 aliphatic heterocycles. The van der Waals surface area contributed by atoms with Gasteiger partial charge in [-0.3, -0.25) is 4.99 Å². The number of guanidine groups is 1. The van der Waals surface area contributed by atoms with Crippen LogP contribution in [-0.4, -0.2) is 24.5 Å². The van der Waals surface area contributed by atoms with Gasteiger partial charge >= 0.3 is 0 Å². The third-order valence-electron chi connectivity index (χ3n) is 3.32. The van der Waals surface area contributed by atoms with Gasteiger partial charge in [0.05, 0.1) is 12.2 Å². The Morgan fingerprint density at radius 2 is 1.95 bits per heavy atom. The summed E-state index contributed by atoms with van der Waals surface area (Å²) in [4.78, 5) is 10.0. The quantitative estimate of drug-likeness (QED) is 0.650. The van der Waals surface area contributed by atoms with E-state index >= 15 is 0 Å². The lowest BCUT2D eigenvalue weighted by Crippen LogP contribution is -2.37. The zero-order valence-corrected chi connectivity index (χ0v) is 14.7. The van der Waals surface area contributed by atoms with Crippen LogP contribution < -0.4 is 10.6 Å². The molecule has 2 rings (SSSR count). The molecule has 1 aromatic carbocycles. The maximum absolute atomic E-state index is 5.88. The number of benzene rings is 1. The first kappa shape index (κ1) is 16.8. The molecule has 0 radical (unpaired) electrons. The molecule has 0 saturated carbocycles. The molecule has 0 spiro atoms. The summed E-state index contributed by atoms with van der Waals surface area (Å²) in [5.74, 6) is 0.791. The molecule has 0 saturated heterocycles. The fraction of sp³-hybridized carbons (Fsp3) is 0.375. The lowest BCUT2D eigenvalue weighted by atomic mass is 10.1. The molecule has 1 heterocycles. The van der Waals surface area contributed by atoms with Gasteiger partial charge in [-0.25, -0.2) is 4.98 Å². The summed E-state index contributed by atoms with van der Waals surface area (Å²) in [5, 5.41) is 8.44. The summed E-state index contributed by atoms with van der Waals surface area (Å²) in [6, 6.07) is 7.91. The number of thiazole rings is 1. The van der Waals surface area contributed by atoms with Crippen LogP contribution in [0, 0.1) is 13.8 Å². The van der Waals surface area contributed by atoms with Crippen LogP contribution in [0.15, 0.2) is 29.3 Å². The summed E-state index contributed by atoms with van der Waals surface area (Å²) in [7, 11) is 1.77. The van der Waals surface area contributed by atoms with Gasteiger partial charge < -0.3 is 10.6 Å². The largest absolute Gasteiger partial charge is 0.356 e. The van der Waals surface area contributed by atoms with Crippen molar-refractivity contribution < 1.29 is 0 Å². The second-order valence-electron chi connectivity index (χ2n) is 4.98. The number of rotatable bonds is 5. The summed E-state index contributed by atoms with van der Waals surface area (Å²) in [5.41, 5.74) is 2.35. The number of aliphatic imine (C=N–C) groups is 1. The van der Waals surface area contributed by atoms with Crippen molar-refractivity contribution in [1.29, 1.82) is 0 Å². The van der Waals surface area contributed by atoms with E-state index in [-0.39, 0.29) is 0 Å². The third-order valence-corrected chi connectivity index (χ3v) is 4.65. The third kappa shape index (κ3) is 5.00. The van der Waals surface area contributed by atoms with E-state index in [1.165, 1.54) is 10.4 Å². The molecule has 0 fully saturated rings. The number of aromatic nitrogens is 1. The van der Waals surface area contributed by atoms with Gasteiger partial charge in [0.25, 0.3) is 0 Å². The average molecular weight is 337 g/mol. The van der Waals surface area contributed by atoms with Crippen molar-refractivity contribution >= 4 is 28.9 Å². The van der Waals surface area contributed by atoms with E-state index in [1.807, 2.05) is 31.2 Å². The van der Waals surface area contributed by atoms with Crippen LogP contribution in [-0.2, 0) is 13.0 Å². The molecule has 4 nitrogen and oxygen atoms in total. The van der Waals surface area contributed by atoms with Gasteiger partial charge in [-0.1, -0.05) is 23.7 Å². The van der Waals surface area contributed by atoms with Gasteiger partial charge in [-0.15, -0.1) is 11.3 Å². The Morgan fingerprint density at radius 3 is 2.55 bits per heavy atom. The minimum atomic E-state index is 0.694. The minimum absolute atomic E-state index is 0.694. The van der Waals surface area contributed by atoms with Crippen molar-refractivity contribution in [2.24, 2.45) is 4.99 Å². The number of aryl methyl sites for hydroxylation is 2. The summed E-state index contributed by atoms with van der Waals surface area (Å²) < 4.78 is 0. The fourth-order valence-electron chi connectivity index (χ4n) is 1.97. The van der Waals surface area contributed by atoms with Crippen LogP contribution in [0.3, 0.4) is 0 Å². The SMILES string of the molecule is CN=C(NCCc1ccc(Cl)cc1)NCc1nc(C)c(C)s1. The molecule has 0 amide bonds. The maximum Gasteiger partial charge on any atom is 0.191 e. The molecule has 0 atom stereocenters. The van der Waals surface area contributed by atoms with E-state index in [0.717, 1.165) is 34.6 Å². The van der Waals surface area contributed by atoms with Crippen molar-refractivity contribution in [2.45, 2.75) is 26.8 Å². The summed E-state index contributed by atoms with van der Waals surface area (Å²) in [6.45, 7) is 5.64. The van der Waals surface area contributed by atoms with Crippen molar-refractivity contribution in [1.82, 2.24) is 15.6 Å². The first-order valence-electron chi connectivity index (χ1n) is 7.20. The zero-order chi connectivity index (χ0) is 15.9. The summed E-state index contributed by atoms with van der Waals surface area (Å²) >= 11 is 7.60. The molecular formula is C16H21ClN4S. The van der Waals surface area contributed by atoms with E-state index < -0.39 is 0 Å². The van der Waals surface area contributed by atoms with Gasteiger partial charge in [0, 0.05) is 23.5 Å². The fourth-order valence-corrected chi connectivity index (χ4v) is 2.97. The molecule has 118 valence electrons. The summed E-state index contributed by atoms with van der Waals surface area (Å²) in [6.07, 6.45) is 0.924. The Kier molecular flexibility index (Phi) is 6.21. The second kappa shape index (κ2) is 8.15. The van der Waals surface area contributed by atoms with Crippen molar-refractivity contribution in [3.8, 4) is 0 Å². The van der Waals surface area contributed by atoms with E-state index in [9.17, 15) is 0 Å². The zero-order valence-electron chi connectivity index (χ0n) is 13.1. The van der Waals surface area contributed by atoms with Gasteiger partial charge in [0.1, 0.15) is 5.01 Å². The van der Waals surface area contributed by atoms with Crippen molar-refractivity contribution in [3.63, 3.8) is 0 Å². The van der Waals surface area contributed by atoms with Gasteiger partial charge in [-0.05, 0) is 38.0 Å². The highest BCUT2D eigenvalue weighted by Crippen LogP contribution is 2.15. The highest BCUT2D eigenvalue weighted by molar-refractivity contribution is 7.11. The van der Waals surface area contributed by atoms with Crippen LogP contribution in [0.4, 0.5) is 0 Å². The lowest BCUT2D eigenvalue weighted by Gasteiger charge is -2.10. The predicted molar refractivity (Wildman–Crippen MR) is 94.9 cm³/mol. The van der Waals surface area contributed by atoms with Gasteiger partial charge in [0.15, 0.2) is 5.96 Å². The topological polar surface area (TPSA) is 49.3 Å². The van der Waals surface area contributed by atoms with Crippen molar-refractivity contribution in [3.05, 3.63) is 50.4 Å². The monoisotopic (exact) mass is 336 g/mol. The molecule has 0 aliphatic rings.